The average Bonchev–Trinajstić information content (AvgIpc) is 3.06. The second-order valence-corrected chi connectivity index (χ2v) is 6.16. The predicted octanol–water partition coefficient (Wildman–Crippen LogP) is 2.40. The summed E-state index contributed by atoms with van der Waals surface area (Å²) in [5, 5.41) is 0.714. The fourth-order valence-corrected chi connectivity index (χ4v) is 3.73. The van der Waals surface area contributed by atoms with Gasteiger partial charge < -0.3 is 9.47 Å². The highest BCUT2D eigenvalue weighted by Crippen LogP contribution is 2.41. The zero-order valence-corrected chi connectivity index (χ0v) is 12.5. The summed E-state index contributed by atoms with van der Waals surface area (Å²) < 4.78 is 2.05. The molecule has 1 aromatic carbocycles. The van der Waals surface area contributed by atoms with Crippen LogP contribution in [0, 0.1) is 0 Å². The van der Waals surface area contributed by atoms with Crippen LogP contribution in [0.15, 0.2) is 42.6 Å². The number of hydrogen-bond acceptors (Lipinski definition) is 2. The monoisotopic (exact) mass is 301 g/mol. The zero-order chi connectivity index (χ0) is 14.6. The molecule has 1 amide bonds. The van der Waals surface area contributed by atoms with Gasteiger partial charge in [-0.15, -0.1) is 0 Å². The molecule has 1 atom stereocenters. The summed E-state index contributed by atoms with van der Waals surface area (Å²) >= 11 is 6.02. The normalized spacial score (nSPS) is 25.0. The fourth-order valence-electron chi connectivity index (χ4n) is 3.61. The molecule has 4 rings (SSSR count). The standard InChI is InChI=1S/C16H16ClN3O/c1-18-9-10-20-15(21)14-3-2-8-19(14)11-16(18,20)12-4-6-13(17)7-5-12/h2-8H,9-11H2,1H3. The lowest BCUT2D eigenvalue weighted by molar-refractivity contribution is -0.00122. The molecular formula is C16H16ClN3O. The predicted molar refractivity (Wildman–Crippen MR) is 81.2 cm³/mol. The van der Waals surface area contributed by atoms with Gasteiger partial charge in [0.15, 0.2) is 0 Å². The van der Waals surface area contributed by atoms with Crippen LogP contribution in [0.25, 0.3) is 0 Å². The molecule has 4 nitrogen and oxygen atoms in total. The van der Waals surface area contributed by atoms with E-state index < -0.39 is 5.66 Å². The minimum Gasteiger partial charge on any atom is -0.339 e. The van der Waals surface area contributed by atoms with Gasteiger partial charge in [-0.2, -0.15) is 0 Å². The van der Waals surface area contributed by atoms with Gasteiger partial charge in [0.05, 0.1) is 6.54 Å². The first kappa shape index (κ1) is 12.9. The van der Waals surface area contributed by atoms with E-state index in [1.165, 1.54) is 0 Å². The Labute approximate surface area is 128 Å². The molecule has 21 heavy (non-hydrogen) atoms. The molecule has 2 aromatic rings. The summed E-state index contributed by atoms with van der Waals surface area (Å²) in [6.07, 6.45) is 1.98. The van der Waals surface area contributed by atoms with Crippen molar-refractivity contribution in [2.75, 3.05) is 20.1 Å². The lowest BCUT2D eigenvalue weighted by Gasteiger charge is -2.46. The Bertz CT molecular complexity index is 709. The van der Waals surface area contributed by atoms with E-state index in [0.717, 1.165) is 30.9 Å². The summed E-state index contributed by atoms with van der Waals surface area (Å²) in [5.74, 6) is 0.102. The Hall–Kier alpha value is -1.78. The molecule has 3 heterocycles. The molecular weight excluding hydrogens is 286 g/mol. The highest BCUT2D eigenvalue weighted by atomic mass is 35.5. The molecule has 2 aliphatic rings. The van der Waals surface area contributed by atoms with Gasteiger partial charge in [-0.3, -0.25) is 9.69 Å². The minimum atomic E-state index is -0.409. The van der Waals surface area contributed by atoms with E-state index in [4.69, 9.17) is 11.6 Å². The van der Waals surface area contributed by atoms with E-state index in [1.807, 2.05) is 47.5 Å². The van der Waals surface area contributed by atoms with Gasteiger partial charge in [0, 0.05) is 24.3 Å². The maximum atomic E-state index is 12.8. The summed E-state index contributed by atoms with van der Waals surface area (Å²) in [6, 6.07) is 11.7. The number of hydrogen-bond donors (Lipinski definition) is 0. The molecule has 1 unspecified atom stereocenters. The third-order valence-electron chi connectivity index (χ3n) is 4.73. The third-order valence-corrected chi connectivity index (χ3v) is 4.98. The quantitative estimate of drug-likeness (QED) is 0.809. The molecule has 0 radical (unpaired) electrons. The first-order chi connectivity index (χ1) is 10.1. The van der Waals surface area contributed by atoms with Crippen molar-refractivity contribution in [2.45, 2.75) is 12.2 Å². The molecule has 2 aliphatic heterocycles. The molecule has 1 saturated heterocycles. The number of fused-ring (bicyclic) bond motifs is 2. The van der Waals surface area contributed by atoms with E-state index in [-0.39, 0.29) is 5.91 Å². The van der Waals surface area contributed by atoms with Gasteiger partial charge in [-0.05, 0) is 36.9 Å². The molecule has 108 valence electrons. The number of halogens is 1. The van der Waals surface area contributed by atoms with Gasteiger partial charge in [-0.25, -0.2) is 0 Å². The summed E-state index contributed by atoms with van der Waals surface area (Å²) in [4.78, 5) is 17.1. The van der Waals surface area contributed by atoms with Crippen molar-refractivity contribution >= 4 is 17.5 Å². The Morgan fingerprint density at radius 2 is 1.90 bits per heavy atom. The summed E-state index contributed by atoms with van der Waals surface area (Å²) in [6.45, 7) is 2.38. The van der Waals surface area contributed by atoms with Crippen molar-refractivity contribution in [1.29, 1.82) is 0 Å². The van der Waals surface area contributed by atoms with Gasteiger partial charge in [0.25, 0.3) is 5.91 Å². The molecule has 1 fully saturated rings. The third kappa shape index (κ3) is 1.63. The van der Waals surface area contributed by atoms with Crippen LogP contribution < -0.4 is 0 Å². The number of aromatic nitrogens is 1. The van der Waals surface area contributed by atoms with Gasteiger partial charge in [0.2, 0.25) is 0 Å². The first-order valence-electron chi connectivity index (χ1n) is 7.07. The Morgan fingerprint density at radius 3 is 2.67 bits per heavy atom. The molecule has 5 heteroatoms. The van der Waals surface area contributed by atoms with Crippen LogP contribution in [0.1, 0.15) is 16.1 Å². The molecule has 0 saturated carbocycles. The minimum absolute atomic E-state index is 0.102. The smallest absolute Gasteiger partial charge is 0.272 e. The number of nitrogens with zero attached hydrogens (tertiary/aromatic N) is 3. The van der Waals surface area contributed by atoms with E-state index >= 15 is 0 Å². The van der Waals surface area contributed by atoms with Crippen LogP contribution in [0.4, 0.5) is 0 Å². The van der Waals surface area contributed by atoms with Crippen LogP contribution in [-0.4, -0.2) is 40.4 Å². The van der Waals surface area contributed by atoms with Crippen molar-refractivity contribution in [1.82, 2.24) is 14.4 Å². The van der Waals surface area contributed by atoms with Crippen molar-refractivity contribution in [3.05, 3.63) is 58.9 Å². The van der Waals surface area contributed by atoms with Gasteiger partial charge in [-0.1, -0.05) is 23.7 Å². The van der Waals surface area contributed by atoms with Crippen LogP contribution >= 0.6 is 11.6 Å². The Kier molecular flexibility index (Phi) is 2.68. The van der Waals surface area contributed by atoms with Gasteiger partial charge in [0.1, 0.15) is 11.4 Å². The lowest BCUT2D eigenvalue weighted by Crippen LogP contribution is -2.57. The molecule has 0 spiro atoms. The summed E-state index contributed by atoms with van der Waals surface area (Å²) in [5.41, 5.74) is 1.47. The van der Waals surface area contributed by atoms with E-state index in [2.05, 4.69) is 16.5 Å². The van der Waals surface area contributed by atoms with Crippen LogP contribution in [0.3, 0.4) is 0 Å². The summed E-state index contributed by atoms with van der Waals surface area (Å²) in [7, 11) is 2.08. The Morgan fingerprint density at radius 1 is 1.14 bits per heavy atom. The van der Waals surface area contributed by atoms with Crippen LogP contribution in [0.5, 0.6) is 0 Å². The van der Waals surface area contributed by atoms with E-state index in [1.54, 1.807) is 0 Å². The highest BCUT2D eigenvalue weighted by molar-refractivity contribution is 6.30. The van der Waals surface area contributed by atoms with Crippen LogP contribution in [-0.2, 0) is 12.2 Å². The maximum Gasteiger partial charge on any atom is 0.272 e. The largest absolute Gasteiger partial charge is 0.339 e. The van der Waals surface area contributed by atoms with E-state index in [9.17, 15) is 4.79 Å². The van der Waals surface area contributed by atoms with Crippen LogP contribution in [0.2, 0.25) is 5.02 Å². The molecule has 0 bridgehead atoms. The number of carbonyl (C=O) groups is 1. The number of rotatable bonds is 1. The van der Waals surface area contributed by atoms with Crippen molar-refractivity contribution in [3.8, 4) is 0 Å². The molecule has 0 aliphatic carbocycles. The SMILES string of the molecule is CN1CCN2C(=O)c3cccn3CC12c1ccc(Cl)cc1. The average molecular weight is 302 g/mol. The van der Waals surface area contributed by atoms with Gasteiger partial charge >= 0.3 is 0 Å². The van der Waals surface area contributed by atoms with Crippen molar-refractivity contribution < 1.29 is 4.79 Å². The fraction of sp³-hybridized carbons (Fsp3) is 0.312. The number of benzene rings is 1. The number of carbonyl (C=O) groups excluding carboxylic acids is 1. The lowest BCUT2D eigenvalue weighted by atomic mass is 9.95. The first-order valence-corrected chi connectivity index (χ1v) is 7.45. The van der Waals surface area contributed by atoms with Crippen molar-refractivity contribution in [3.63, 3.8) is 0 Å². The van der Waals surface area contributed by atoms with E-state index in [0.29, 0.717) is 5.02 Å². The number of likely N-dealkylation sites (N-methyl/N-ethyl adjacent to an activating group) is 1. The highest BCUT2D eigenvalue weighted by Gasteiger charge is 2.52. The Balaban J connectivity index is 1.91. The van der Waals surface area contributed by atoms with Crippen molar-refractivity contribution in [2.24, 2.45) is 0 Å². The molecule has 0 N–H and O–H groups in total. The second kappa shape index (κ2) is 4.36. The second-order valence-electron chi connectivity index (χ2n) is 5.72. The maximum absolute atomic E-state index is 12.8. The zero-order valence-electron chi connectivity index (χ0n) is 11.8. The molecule has 1 aromatic heterocycles. The number of amides is 1. The topological polar surface area (TPSA) is 28.5 Å².